The number of ether oxygens (including phenoxy) is 2. The van der Waals surface area contributed by atoms with Crippen molar-refractivity contribution in [1.29, 1.82) is 0 Å². The maximum atomic E-state index is 11.6. The SMILES string of the molecule is CNC(CCOc1ccc(Cl)c([N+](=O)[O-])c1)c1ccc(OC(=O)N(C)C)cc1. The fraction of sp³-hybridized carbons (Fsp3) is 0.316. The summed E-state index contributed by atoms with van der Waals surface area (Å²) in [5.41, 5.74) is 0.810. The van der Waals surface area contributed by atoms with Gasteiger partial charge < -0.3 is 19.7 Å². The minimum atomic E-state index is -0.545. The maximum absolute atomic E-state index is 11.6. The maximum Gasteiger partial charge on any atom is 0.414 e. The van der Waals surface area contributed by atoms with Gasteiger partial charge in [0.05, 0.1) is 17.6 Å². The van der Waals surface area contributed by atoms with Gasteiger partial charge in [0, 0.05) is 26.6 Å². The lowest BCUT2D eigenvalue weighted by Gasteiger charge is -2.18. The first kappa shape index (κ1) is 21.5. The lowest BCUT2D eigenvalue weighted by Crippen LogP contribution is -2.25. The summed E-state index contributed by atoms with van der Waals surface area (Å²) >= 11 is 5.80. The molecule has 1 amide bonds. The third-order valence-corrected chi connectivity index (χ3v) is 4.31. The second-order valence-corrected chi connectivity index (χ2v) is 6.59. The molecule has 0 saturated heterocycles. The fourth-order valence-corrected chi connectivity index (χ4v) is 2.64. The molecule has 150 valence electrons. The van der Waals surface area contributed by atoms with Crippen molar-refractivity contribution in [3.63, 3.8) is 0 Å². The molecule has 9 heteroatoms. The van der Waals surface area contributed by atoms with Crippen LogP contribution < -0.4 is 14.8 Å². The summed E-state index contributed by atoms with van der Waals surface area (Å²) in [5.74, 6) is 0.846. The third-order valence-electron chi connectivity index (χ3n) is 3.99. The Kier molecular flexibility index (Phi) is 7.60. The average molecular weight is 408 g/mol. The van der Waals surface area contributed by atoms with Gasteiger partial charge in [-0.1, -0.05) is 23.7 Å². The van der Waals surface area contributed by atoms with Crippen LogP contribution in [0.4, 0.5) is 10.5 Å². The number of carbonyl (C=O) groups excluding carboxylic acids is 1. The van der Waals surface area contributed by atoms with E-state index in [9.17, 15) is 14.9 Å². The summed E-state index contributed by atoms with van der Waals surface area (Å²) in [4.78, 5) is 23.3. The quantitative estimate of drug-likeness (QED) is 0.524. The van der Waals surface area contributed by atoms with Crippen LogP contribution in [-0.4, -0.2) is 43.7 Å². The standard InChI is InChI=1S/C19H22ClN3O5/c1-21-17(13-4-6-14(7-5-13)28-19(24)22(2)3)10-11-27-15-8-9-16(20)18(12-15)23(25)26/h4-9,12,17,21H,10-11H2,1-3H3. The Morgan fingerprint density at radius 1 is 1.21 bits per heavy atom. The first-order chi connectivity index (χ1) is 13.3. The molecule has 28 heavy (non-hydrogen) atoms. The van der Waals surface area contributed by atoms with Gasteiger partial charge in [-0.15, -0.1) is 0 Å². The zero-order valence-electron chi connectivity index (χ0n) is 15.8. The van der Waals surface area contributed by atoms with E-state index in [1.807, 2.05) is 19.2 Å². The fourth-order valence-electron chi connectivity index (χ4n) is 2.45. The van der Waals surface area contributed by atoms with Crippen LogP contribution >= 0.6 is 11.6 Å². The molecular weight excluding hydrogens is 386 g/mol. The van der Waals surface area contributed by atoms with Crippen molar-refractivity contribution >= 4 is 23.4 Å². The summed E-state index contributed by atoms with van der Waals surface area (Å²) in [7, 11) is 5.06. The van der Waals surface area contributed by atoms with Crippen LogP contribution in [0, 0.1) is 10.1 Å². The lowest BCUT2D eigenvalue weighted by atomic mass is 10.0. The van der Waals surface area contributed by atoms with E-state index in [2.05, 4.69) is 5.32 Å². The van der Waals surface area contributed by atoms with Crippen LogP contribution in [0.1, 0.15) is 18.0 Å². The molecule has 2 rings (SSSR count). The molecule has 0 aliphatic rings. The molecule has 1 atom stereocenters. The molecule has 1 N–H and O–H groups in total. The minimum Gasteiger partial charge on any atom is -0.493 e. The van der Waals surface area contributed by atoms with Crippen molar-refractivity contribution in [2.45, 2.75) is 12.5 Å². The molecule has 0 heterocycles. The van der Waals surface area contributed by atoms with Crippen LogP contribution in [0.15, 0.2) is 42.5 Å². The minimum absolute atomic E-state index is 0.000821. The van der Waals surface area contributed by atoms with Gasteiger partial charge >= 0.3 is 6.09 Å². The summed E-state index contributed by atoms with van der Waals surface area (Å²) in [6, 6.07) is 11.5. The Balaban J connectivity index is 1.94. The largest absolute Gasteiger partial charge is 0.493 e. The Morgan fingerprint density at radius 2 is 1.86 bits per heavy atom. The number of benzene rings is 2. The molecule has 0 spiro atoms. The molecule has 2 aromatic rings. The number of hydrogen-bond donors (Lipinski definition) is 1. The molecule has 0 aliphatic heterocycles. The van der Waals surface area contributed by atoms with Crippen LogP contribution in [-0.2, 0) is 0 Å². The van der Waals surface area contributed by atoms with Gasteiger partial charge in [0.1, 0.15) is 16.5 Å². The highest BCUT2D eigenvalue weighted by atomic mass is 35.5. The number of nitro benzene ring substituents is 1. The molecule has 1 unspecified atom stereocenters. The van der Waals surface area contributed by atoms with Gasteiger partial charge in [0.2, 0.25) is 0 Å². The normalized spacial score (nSPS) is 11.6. The average Bonchev–Trinajstić information content (AvgIpc) is 2.67. The van der Waals surface area contributed by atoms with E-state index in [0.717, 1.165) is 5.56 Å². The molecule has 0 saturated carbocycles. The number of halogens is 1. The Morgan fingerprint density at radius 3 is 2.43 bits per heavy atom. The number of amides is 1. The van der Waals surface area contributed by atoms with E-state index in [4.69, 9.17) is 21.1 Å². The molecule has 8 nitrogen and oxygen atoms in total. The number of carbonyl (C=O) groups is 1. The molecule has 2 aromatic carbocycles. The first-order valence-corrected chi connectivity index (χ1v) is 8.92. The van der Waals surface area contributed by atoms with Crippen molar-refractivity contribution in [3.8, 4) is 11.5 Å². The van der Waals surface area contributed by atoms with Crippen LogP contribution in [0.5, 0.6) is 11.5 Å². The van der Waals surface area contributed by atoms with E-state index in [1.54, 1.807) is 32.3 Å². The molecule has 0 radical (unpaired) electrons. The van der Waals surface area contributed by atoms with E-state index in [0.29, 0.717) is 24.5 Å². The Bertz CT molecular complexity index is 827. The Hall–Kier alpha value is -2.84. The number of nitro groups is 1. The highest BCUT2D eigenvalue weighted by Gasteiger charge is 2.15. The van der Waals surface area contributed by atoms with Crippen molar-refractivity contribution in [1.82, 2.24) is 10.2 Å². The summed E-state index contributed by atoms with van der Waals surface area (Å²) < 4.78 is 10.8. The molecule has 0 fully saturated rings. The molecule has 0 bridgehead atoms. The highest BCUT2D eigenvalue weighted by molar-refractivity contribution is 6.32. The topological polar surface area (TPSA) is 93.9 Å². The molecule has 0 aliphatic carbocycles. The lowest BCUT2D eigenvalue weighted by molar-refractivity contribution is -0.384. The Labute approximate surface area is 168 Å². The van der Waals surface area contributed by atoms with Gasteiger partial charge in [-0.25, -0.2) is 4.79 Å². The van der Waals surface area contributed by atoms with Gasteiger partial charge in [0.15, 0.2) is 0 Å². The van der Waals surface area contributed by atoms with E-state index in [-0.39, 0.29) is 16.8 Å². The van der Waals surface area contributed by atoms with Gasteiger partial charge in [-0.05, 0) is 36.9 Å². The number of hydrogen-bond acceptors (Lipinski definition) is 6. The second kappa shape index (κ2) is 9.91. The predicted octanol–water partition coefficient (Wildman–Crippen LogP) is 4.04. The van der Waals surface area contributed by atoms with Crippen molar-refractivity contribution < 1.29 is 19.2 Å². The predicted molar refractivity (Wildman–Crippen MR) is 106 cm³/mol. The zero-order valence-corrected chi connectivity index (χ0v) is 16.6. The molecule has 0 aromatic heterocycles. The molecular formula is C19H22ClN3O5. The monoisotopic (exact) mass is 407 g/mol. The number of nitrogens with zero attached hydrogens (tertiary/aromatic N) is 2. The number of nitrogens with one attached hydrogen (secondary N) is 1. The zero-order chi connectivity index (χ0) is 20.7. The summed E-state index contributed by atoms with van der Waals surface area (Å²) in [6.07, 6.45) is 0.187. The van der Waals surface area contributed by atoms with E-state index in [1.165, 1.54) is 17.0 Å². The third kappa shape index (κ3) is 5.83. The van der Waals surface area contributed by atoms with Crippen LogP contribution in [0.2, 0.25) is 5.02 Å². The summed E-state index contributed by atoms with van der Waals surface area (Å²) in [5, 5.41) is 14.2. The number of rotatable bonds is 8. The van der Waals surface area contributed by atoms with E-state index < -0.39 is 11.0 Å². The van der Waals surface area contributed by atoms with Crippen LogP contribution in [0.3, 0.4) is 0 Å². The van der Waals surface area contributed by atoms with Crippen molar-refractivity contribution in [2.24, 2.45) is 0 Å². The van der Waals surface area contributed by atoms with Crippen molar-refractivity contribution in [2.75, 3.05) is 27.7 Å². The smallest absolute Gasteiger partial charge is 0.414 e. The van der Waals surface area contributed by atoms with Crippen LogP contribution in [0.25, 0.3) is 0 Å². The van der Waals surface area contributed by atoms with Crippen molar-refractivity contribution in [3.05, 3.63) is 63.2 Å². The van der Waals surface area contributed by atoms with Gasteiger partial charge in [-0.2, -0.15) is 0 Å². The summed E-state index contributed by atoms with van der Waals surface area (Å²) in [6.45, 7) is 0.349. The first-order valence-electron chi connectivity index (χ1n) is 8.55. The second-order valence-electron chi connectivity index (χ2n) is 6.18. The van der Waals surface area contributed by atoms with Gasteiger partial charge in [-0.3, -0.25) is 10.1 Å². The highest BCUT2D eigenvalue weighted by Crippen LogP contribution is 2.29. The van der Waals surface area contributed by atoms with E-state index >= 15 is 0 Å². The van der Waals surface area contributed by atoms with Gasteiger partial charge in [0.25, 0.3) is 5.69 Å².